The minimum atomic E-state index is -1.38. The molecule has 5 nitrogen and oxygen atoms in total. The number of anilines is 1. The summed E-state index contributed by atoms with van der Waals surface area (Å²) in [6, 6.07) is 1.63. The number of benzene rings is 1. The fourth-order valence-electron chi connectivity index (χ4n) is 2.64. The molecule has 114 valence electrons. The molecule has 0 unspecified atom stereocenters. The maximum Gasteiger partial charge on any atom is 0.335 e. The fraction of sp³-hybridized carbons (Fsp3) is 0.429. The number of halogens is 2. The van der Waals surface area contributed by atoms with E-state index in [1.165, 1.54) is 4.90 Å². The predicted octanol–water partition coefficient (Wildman–Crippen LogP) is 1.75. The molecule has 3 N–H and O–H groups in total. The maximum atomic E-state index is 13.9. The molecule has 0 bridgehead atoms. The van der Waals surface area contributed by atoms with Crippen molar-refractivity contribution in [1.29, 1.82) is 0 Å². The quantitative estimate of drug-likeness (QED) is 0.887. The first-order valence-electron chi connectivity index (χ1n) is 6.64. The zero-order valence-corrected chi connectivity index (χ0v) is 11.3. The molecular formula is C14H16F2N2O3. The first-order valence-corrected chi connectivity index (χ1v) is 6.64. The topological polar surface area (TPSA) is 83.6 Å². The highest BCUT2D eigenvalue weighted by atomic mass is 19.1. The van der Waals surface area contributed by atoms with Gasteiger partial charge in [-0.05, 0) is 30.9 Å². The first kappa shape index (κ1) is 15.2. The molecule has 7 heteroatoms. The second-order valence-corrected chi connectivity index (χ2v) is 5.19. The van der Waals surface area contributed by atoms with Crippen LogP contribution in [-0.4, -0.2) is 30.1 Å². The zero-order valence-electron chi connectivity index (χ0n) is 11.3. The Kier molecular flexibility index (Phi) is 4.40. The van der Waals surface area contributed by atoms with Crippen LogP contribution in [0.15, 0.2) is 12.1 Å². The number of aromatic carboxylic acids is 1. The van der Waals surface area contributed by atoms with E-state index in [9.17, 15) is 18.4 Å². The third-order valence-electron chi connectivity index (χ3n) is 3.68. The van der Waals surface area contributed by atoms with E-state index in [-0.39, 0.29) is 23.9 Å². The molecular weight excluding hydrogens is 282 g/mol. The molecule has 0 saturated carbocycles. The number of rotatable bonds is 4. The van der Waals surface area contributed by atoms with Gasteiger partial charge in [0.05, 0.1) is 5.56 Å². The number of hydrogen-bond donors (Lipinski definition) is 2. The lowest BCUT2D eigenvalue weighted by molar-refractivity contribution is -0.119. The predicted molar refractivity (Wildman–Crippen MR) is 72.1 cm³/mol. The minimum absolute atomic E-state index is 0.128. The normalized spacial score (nSPS) is 16.0. The van der Waals surface area contributed by atoms with Crippen LogP contribution in [0.2, 0.25) is 0 Å². The van der Waals surface area contributed by atoms with Crippen molar-refractivity contribution in [3.63, 3.8) is 0 Å². The van der Waals surface area contributed by atoms with Gasteiger partial charge in [0.25, 0.3) is 0 Å². The summed E-state index contributed by atoms with van der Waals surface area (Å²) in [7, 11) is 0. The number of carbonyl (C=O) groups is 2. The summed E-state index contributed by atoms with van der Waals surface area (Å²) in [5, 5.41) is 8.76. The fourth-order valence-corrected chi connectivity index (χ4v) is 2.64. The molecule has 1 aromatic carbocycles. The monoisotopic (exact) mass is 298 g/mol. The lowest BCUT2D eigenvalue weighted by Gasteiger charge is -2.33. The number of amides is 1. The van der Waals surface area contributed by atoms with Gasteiger partial charge in [0, 0.05) is 19.5 Å². The molecule has 1 saturated heterocycles. The third kappa shape index (κ3) is 3.48. The Labute approximate surface area is 120 Å². The molecule has 2 rings (SSSR count). The van der Waals surface area contributed by atoms with Crippen molar-refractivity contribution in [2.75, 3.05) is 18.0 Å². The smallest absolute Gasteiger partial charge is 0.335 e. The van der Waals surface area contributed by atoms with Gasteiger partial charge >= 0.3 is 5.97 Å². The number of carboxylic acid groups (broad SMARTS) is 1. The molecule has 1 fully saturated rings. The molecule has 1 aliphatic rings. The summed E-state index contributed by atoms with van der Waals surface area (Å²) in [5.41, 5.74) is 4.50. The van der Waals surface area contributed by atoms with Crippen LogP contribution in [0, 0.1) is 17.6 Å². The summed E-state index contributed by atoms with van der Waals surface area (Å²) in [6.45, 7) is 0.802. The minimum Gasteiger partial charge on any atom is -0.478 e. The molecule has 0 aromatic heterocycles. The summed E-state index contributed by atoms with van der Waals surface area (Å²) >= 11 is 0. The number of carboxylic acids is 1. The Morgan fingerprint density at radius 2 is 1.76 bits per heavy atom. The number of hydrogen-bond acceptors (Lipinski definition) is 3. The molecule has 1 aliphatic heterocycles. The van der Waals surface area contributed by atoms with Gasteiger partial charge < -0.3 is 15.7 Å². The number of carbonyl (C=O) groups excluding carboxylic acids is 1. The average molecular weight is 298 g/mol. The number of piperidine rings is 1. The molecule has 1 amide bonds. The van der Waals surface area contributed by atoms with Gasteiger partial charge in [-0.15, -0.1) is 0 Å². The van der Waals surface area contributed by atoms with E-state index in [2.05, 4.69) is 0 Å². The standard InChI is InChI=1S/C14H16F2N2O3/c15-10-6-9(14(20)21)7-11(16)13(10)18-3-1-8(2-4-18)5-12(17)19/h6-8H,1-5H2,(H2,17,19)(H,20,21). The van der Waals surface area contributed by atoms with Crippen molar-refractivity contribution in [3.05, 3.63) is 29.3 Å². The highest BCUT2D eigenvalue weighted by Gasteiger charge is 2.25. The van der Waals surface area contributed by atoms with Crippen molar-refractivity contribution in [3.8, 4) is 0 Å². The molecule has 1 aromatic rings. The van der Waals surface area contributed by atoms with E-state index in [4.69, 9.17) is 10.8 Å². The lowest BCUT2D eigenvalue weighted by atomic mass is 9.93. The van der Waals surface area contributed by atoms with Crippen LogP contribution in [-0.2, 0) is 4.79 Å². The SMILES string of the molecule is NC(=O)CC1CCN(c2c(F)cc(C(=O)O)cc2F)CC1. The summed E-state index contributed by atoms with van der Waals surface area (Å²) in [5.74, 6) is -3.40. The Bertz CT molecular complexity index is 546. The highest BCUT2D eigenvalue weighted by molar-refractivity contribution is 5.88. The van der Waals surface area contributed by atoms with Gasteiger partial charge in [0.1, 0.15) is 17.3 Å². The van der Waals surface area contributed by atoms with E-state index < -0.39 is 23.2 Å². The first-order chi connectivity index (χ1) is 9.88. The summed E-state index contributed by atoms with van der Waals surface area (Å²) in [4.78, 5) is 23.1. The molecule has 21 heavy (non-hydrogen) atoms. The zero-order chi connectivity index (χ0) is 15.6. The van der Waals surface area contributed by atoms with E-state index in [1.54, 1.807) is 0 Å². The van der Waals surface area contributed by atoms with Gasteiger partial charge in [0.2, 0.25) is 5.91 Å². The van der Waals surface area contributed by atoms with Gasteiger partial charge in [-0.2, -0.15) is 0 Å². The van der Waals surface area contributed by atoms with Gasteiger partial charge in [-0.3, -0.25) is 4.79 Å². The van der Waals surface area contributed by atoms with E-state index in [1.807, 2.05) is 0 Å². The molecule has 0 radical (unpaired) electrons. The van der Waals surface area contributed by atoms with Gasteiger partial charge in [0.15, 0.2) is 0 Å². The Balaban J connectivity index is 2.13. The molecule has 0 atom stereocenters. The van der Waals surface area contributed by atoms with Crippen molar-refractivity contribution >= 4 is 17.6 Å². The van der Waals surface area contributed by atoms with Crippen LogP contribution in [0.5, 0.6) is 0 Å². The number of nitrogens with two attached hydrogens (primary N) is 1. The van der Waals surface area contributed by atoms with Crippen LogP contribution in [0.1, 0.15) is 29.6 Å². The van der Waals surface area contributed by atoms with Gasteiger partial charge in [-0.25, -0.2) is 13.6 Å². The van der Waals surface area contributed by atoms with Crippen molar-refractivity contribution in [2.24, 2.45) is 11.7 Å². The van der Waals surface area contributed by atoms with Crippen LogP contribution < -0.4 is 10.6 Å². The van der Waals surface area contributed by atoms with Crippen molar-refractivity contribution in [1.82, 2.24) is 0 Å². The summed E-state index contributed by atoms with van der Waals surface area (Å²) in [6.07, 6.45) is 1.50. The van der Waals surface area contributed by atoms with E-state index >= 15 is 0 Å². The number of nitrogens with zero attached hydrogens (tertiary/aromatic N) is 1. The second kappa shape index (κ2) is 6.07. The van der Waals surface area contributed by atoms with E-state index in [0.29, 0.717) is 25.9 Å². The third-order valence-corrected chi connectivity index (χ3v) is 3.68. The van der Waals surface area contributed by atoms with Gasteiger partial charge in [-0.1, -0.05) is 0 Å². The number of primary amides is 1. The average Bonchev–Trinajstić information content (AvgIpc) is 2.39. The second-order valence-electron chi connectivity index (χ2n) is 5.19. The van der Waals surface area contributed by atoms with Crippen molar-refractivity contribution < 1.29 is 23.5 Å². The molecule has 0 spiro atoms. The van der Waals surface area contributed by atoms with Crippen LogP contribution in [0.25, 0.3) is 0 Å². The summed E-state index contributed by atoms with van der Waals surface area (Å²) < 4.78 is 27.9. The largest absolute Gasteiger partial charge is 0.478 e. The Morgan fingerprint density at radius 3 is 2.19 bits per heavy atom. The lowest BCUT2D eigenvalue weighted by Crippen LogP contribution is -2.36. The van der Waals surface area contributed by atoms with E-state index in [0.717, 1.165) is 12.1 Å². The van der Waals surface area contributed by atoms with Crippen molar-refractivity contribution in [2.45, 2.75) is 19.3 Å². The Hall–Kier alpha value is -2.18. The highest BCUT2D eigenvalue weighted by Crippen LogP contribution is 2.30. The van der Waals surface area contributed by atoms with Crippen LogP contribution in [0.3, 0.4) is 0 Å². The molecule has 1 heterocycles. The maximum absolute atomic E-state index is 13.9. The Morgan fingerprint density at radius 1 is 1.24 bits per heavy atom. The van der Waals surface area contributed by atoms with Crippen LogP contribution >= 0.6 is 0 Å². The molecule has 0 aliphatic carbocycles. The van der Waals surface area contributed by atoms with Crippen LogP contribution in [0.4, 0.5) is 14.5 Å².